The van der Waals surface area contributed by atoms with Gasteiger partial charge >= 0.3 is 0 Å². The molecule has 0 saturated carbocycles. The Labute approximate surface area is 119 Å². The smallest absolute Gasteiger partial charge is 0.230 e. The van der Waals surface area contributed by atoms with Crippen LogP contribution in [0.3, 0.4) is 0 Å². The van der Waals surface area contributed by atoms with Gasteiger partial charge in [0.25, 0.3) is 0 Å². The van der Waals surface area contributed by atoms with Crippen LogP contribution < -0.4 is 0 Å². The maximum Gasteiger partial charge on any atom is 0.230 e. The van der Waals surface area contributed by atoms with Crippen molar-refractivity contribution in [2.45, 2.75) is 32.6 Å². The van der Waals surface area contributed by atoms with E-state index in [1.54, 1.807) is 0 Å². The summed E-state index contributed by atoms with van der Waals surface area (Å²) in [6, 6.07) is 7.89. The van der Waals surface area contributed by atoms with Gasteiger partial charge in [0.05, 0.1) is 17.5 Å². The number of fused-ring (bicyclic) bond motifs is 1. The molecule has 3 rings (SSSR count). The lowest BCUT2D eigenvalue weighted by atomic mass is 10.0. The number of para-hydroxylation sites is 2. The van der Waals surface area contributed by atoms with Crippen molar-refractivity contribution in [3.05, 3.63) is 30.1 Å². The molecule has 1 amide bonds. The number of aromatic nitrogens is 2. The summed E-state index contributed by atoms with van der Waals surface area (Å²) in [4.78, 5) is 22.1. The SMILES string of the molecule is C[C@H]1CCCN(C(=O)Cc2nc3ccccc3[nH]2)CC1. The zero-order valence-corrected chi connectivity index (χ0v) is 11.9. The van der Waals surface area contributed by atoms with Crippen LogP contribution in [-0.4, -0.2) is 33.9 Å². The lowest BCUT2D eigenvalue weighted by Crippen LogP contribution is -2.33. The van der Waals surface area contributed by atoms with Crippen LogP contribution in [0.5, 0.6) is 0 Å². The number of hydrogen-bond donors (Lipinski definition) is 1. The van der Waals surface area contributed by atoms with Gasteiger partial charge in [-0.15, -0.1) is 0 Å². The third kappa shape index (κ3) is 2.84. The molecule has 1 aliphatic rings. The van der Waals surface area contributed by atoms with E-state index in [2.05, 4.69) is 16.9 Å². The average Bonchev–Trinajstić information content (AvgIpc) is 2.71. The minimum absolute atomic E-state index is 0.193. The summed E-state index contributed by atoms with van der Waals surface area (Å²) in [7, 11) is 0. The zero-order valence-electron chi connectivity index (χ0n) is 11.9. The van der Waals surface area contributed by atoms with E-state index < -0.39 is 0 Å². The molecule has 1 fully saturated rings. The van der Waals surface area contributed by atoms with Gasteiger partial charge in [-0.2, -0.15) is 0 Å². The summed E-state index contributed by atoms with van der Waals surface area (Å²) in [5.41, 5.74) is 1.93. The van der Waals surface area contributed by atoms with Crippen LogP contribution in [0.1, 0.15) is 32.0 Å². The fourth-order valence-electron chi connectivity index (χ4n) is 2.86. The van der Waals surface area contributed by atoms with E-state index in [4.69, 9.17) is 0 Å². The van der Waals surface area contributed by atoms with Crippen LogP contribution >= 0.6 is 0 Å². The molecule has 1 aromatic heterocycles. The molecule has 0 unspecified atom stereocenters. The van der Waals surface area contributed by atoms with Gasteiger partial charge < -0.3 is 9.88 Å². The molecule has 0 radical (unpaired) electrons. The molecule has 1 aliphatic heterocycles. The molecule has 20 heavy (non-hydrogen) atoms. The van der Waals surface area contributed by atoms with E-state index in [1.165, 1.54) is 6.42 Å². The van der Waals surface area contributed by atoms with E-state index >= 15 is 0 Å². The molecular weight excluding hydrogens is 250 g/mol. The van der Waals surface area contributed by atoms with Gasteiger partial charge in [0.1, 0.15) is 5.82 Å². The average molecular weight is 271 g/mol. The van der Waals surface area contributed by atoms with Gasteiger partial charge in [-0.3, -0.25) is 4.79 Å². The van der Waals surface area contributed by atoms with Crippen molar-refractivity contribution in [3.8, 4) is 0 Å². The highest BCUT2D eigenvalue weighted by molar-refractivity contribution is 5.80. The number of likely N-dealkylation sites (tertiary alicyclic amines) is 1. The number of amides is 1. The van der Waals surface area contributed by atoms with Gasteiger partial charge in [0, 0.05) is 13.1 Å². The highest BCUT2D eigenvalue weighted by Gasteiger charge is 2.19. The first-order valence-corrected chi connectivity index (χ1v) is 7.44. The second-order valence-corrected chi connectivity index (χ2v) is 5.79. The van der Waals surface area contributed by atoms with Crippen molar-refractivity contribution < 1.29 is 4.79 Å². The molecule has 1 atom stereocenters. The molecular formula is C16H21N3O. The quantitative estimate of drug-likeness (QED) is 0.913. The third-order valence-corrected chi connectivity index (χ3v) is 4.13. The first-order chi connectivity index (χ1) is 9.72. The lowest BCUT2D eigenvalue weighted by molar-refractivity contribution is -0.130. The van der Waals surface area contributed by atoms with E-state index in [9.17, 15) is 4.79 Å². The molecule has 106 valence electrons. The Kier molecular flexibility index (Phi) is 3.72. The van der Waals surface area contributed by atoms with Gasteiger partial charge in [-0.1, -0.05) is 19.1 Å². The molecule has 1 saturated heterocycles. The summed E-state index contributed by atoms with van der Waals surface area (Å²) in [6.45, 7) is 4.05. The topological polar surface area (TPSA) is 49.0 Å². The molecule has 0 spiro atoms. The summed E-state index contributed by atoms with van der Waals surface area (Å²) in [5, 5.41) is 0. The number of benzene rings is 1. The highest BCUT2D eigenvalue weighted by Crippen LogP contribution is 2.17. The lowest BCUT2D eigenvalue weighted by Gasteiger charge is -2.19. The number of hydrogen-bond acceptors (Lipinski definition) is 2. The molecule has 0 aliphatic carbocycles. The number of carbonyl (C=O) groups excluding carboxylic acids is 1. The van der Waals surface area contributed by atoms with Crippen molar-refractivity contribution in [1.29, 1.82) is 0 Å². The highest BCUT2D eigenvalue weighted by atomic mass is 16.2. The van der Waals surface area contributed by atoms with Crippen LogP contribution in [0.25, 0.3) is 11.0 Å². The fourth-order valence-corrected chi connectivity index (χ4v) is 2.86. The normalized spacial score (nSPS) is 20.1. The van der Waals surface area contributed by atoms with Crippen molar-refractivity contribution in [3.63, 3.8) is 0 Å². The number of aromatic amines is 1. The largest absolute Gasteiger partial charge is 0.342 e. The standard InChI is InChI=1S/C16H21N3O/c1-12-5-4-9-19(10-8-12)16(20)11-15-17-13-6-2-3-7-14(13)18-15/h2-3,6-7,12H,4-5,8-11H2,1H3,(H,17,18)/t12-/m0/s1. The van der Waals surface area contributed by atoms with Crippen molar-refractivity contribution in [2.24, 2.45) is 5.92 Å². The number of nitrogens with one attached hydrogen (secondary N) is 1. The Hall–Kier alpha value is -1.84. The molecule has 2 aromatic rings. The number of imidazole rings is 1. The molecule has 1 N–H and O–H groups in total. The maximum atomic E-state index is 12.4. The number of H-pyrrole nitrogens is 1. The Balaban J connectivity index is 1.68. The van der Waals surface area contributed by atoms with E-state index in [1.807, 2.05) is 29.2 Å². The van der Waals surface area contributed by atoms with E-state index in [-0.39, 0.29) is 5.91 Å². The van der Waals surface area contributed by atoms with Crippen molar-refractivity contribution in [2.75, 3.05) is 13.1 Å². The monoisotopic (exact) mass is 271 g/mol. The predicted molar refractivity (Wildman–Crippen MR) is 79.4 cm³/mol. The number of rotatable bonds is 2. The zero-order chi connectivity index (χ0) is 13.9. The van der Waals surface area contributed by atoms with E-state index in [0.29, 0.717) is 6.42 Å². The summed E-state index contributed by atoms with van der Waals surface area (Å²) in [5.74, 6) is 1.70. The van der Waals surface area contributed by atoms with Crippen LogP contribution in [0, 0.1) is 5.92 Å². The Bertz CT molecular complexity index is 572. The van der Waals surface area contributed by atoms with E-state index in [0.717, 1.165) is 48.7 Å². The van der Waals surface area contributed by atoms with Gasteiger partial charge in [-0.05, 0) is 37.3 Å². The minimum Gasteiger partial charge on any atom is -0.342 e. The Morgan fingerprint density at radius 1 is 1.35 bits per heavy atom. The molecule has 4 nitrogen and oxygen atoms in total. The van der Waals surface area contributed by atoms with Gasteiger partial charge in [0.15, 0.2) is 0 Å². The number of carbonyl (C=O) groups is 1. The van der Waals surface area contributed by atoms with Gasteiger partial charge in [0.2, 0.25) is 5.91 Å². The summed E-state index contributed by atoms with van der Waals surface area (Å²) in [6.07, 6.45) is 3.84. The van der Waals surface area contributed by atoms with Crippen molar-refractivity contribution in [1.82, 2.24) is 14.9 Å². The molecule has 2 heterocycles. The second-order valence-electron chi connectivity index (χ2n) is 5.79. The third-order valence-electron chi connectivity index (χ3n) is 4.13. The predicted octanol–water partition coefficient (Wildman–Crippen LogP) is 2.75. The van der Waals surface area contributed by atoms with Crippen LogP contribution in [-0.2, 0) is 11.2 Å². The molecule has 1 aromatic carbocycles. The van der Waals surface area contributed by atoms with Crippen LogP contribution in [0.2, 0.25) is 0 Å². The summed E-state index contributed by atoms with van der Waals surface area (Å²) >= 11 is 0. The van der Waals surface area contributed by atoms with Crippen LogP contribution in [0.15, 0.2) is 24.3 Å². The molecule has 4 heteroatoms. The maximum absolute atomic E-state index is 12.4. The van der Waals surface area contributed by atoms with Crippen LogP contribution in [0.4, 0.5) is 0 Å². The first kappa shape index (κ1) is 13.2. The van der Waals surface area contributed by atoms with Crippen molar-refractivity contribution >= 4 is 16.9 Å². The molecule has 0 bridgehead atoms. The minimum atomic E-state index is 0.193. The van der Waals surface area contributed by atoms with Gasteiger partial charge in [-0.25, -0.2) is 4.98 Å². The Morgan fingerprint density at radius 3 is 3.05 bits per heavy atom. The fraction of sp³-hybridized carbons (Fsp3) is 0.500. The summed E-state index contributed by atoms with van der Waals surface area (Å²) < 4.78 is 0. The second kappa shape index (κ2) is 5.65. The number of nitrogens with zero attached hydrogens (tertiary/aromatic N) is 2. The Morgan fingerprint density at radius 2 is 2.20 bits per heavy atom. The first-order valence-electron chi connectivity index (χ1n) is 7.44.